The highest BCUT2D eigenvalue weighted by molar-refractivity contribution is 7.90. The molecule has 0 saturated heterocycles. The third kappa shape index (κ3) is 2.84. The number of nitrogens with one attached hydrogen (secondary N) is 1. The third-order valence-corrected chi connectivity index (χ3v) is 3.47. The second kappa shape index (κ2) is 4.50. The largest absolute Gasteiger partial charge is 0.508 e. The zero-order chi connectivity index (χ0) is 11.5. The first kappa shape index (κ1) is 11.8. The van der Waals surface area contributed by atoms with Gasteiger partial charge in [0.25, 0.3) is 0 Å². The molecular weight excluding hydrogens is 216 g/mol. The molecule has 84 valence electrons. The molecule has 0 saturated carbocycles. The van der Waals surface area contributed by atoms with E-state index in [0.29, 0.717) is 12.2 Å². The van der Waals surface area contributed by atoms with Gasteiger partial charge >= 0.3 is 10.2 Å². The van der Waals surface area contributed by atoms with Crippen LogP contribution in [0.4, 0.5) is 5.69 Å². The number of benzene rings is 1. The molecule has 15 heavy (non-hydrogen) atoms. The number of phenols is 1. The normalized spacial score (nSPS) is 11.3. The van der Waals surface area contributed by atoms with E-state index >= 15 is 0 Å². The van der Waals surface area contributed by atoms with Crippen LogP contribution in [0.2, 0.25) is 0 Å². The zero-order valence-corrected chi connectivity index (χ0v) is 9.45. The summed E-state index contributed by atoms with van der Waals surface area (Å²) in [6.45, 7) is 2.03. The number of aromatic hydroxyl groups is 1. The summed E-state index contributed by atoms with van der Waals surface area (Å²) in [5.74, 6) is 0.0334. The van der Waals surface area contributed by atoms with Gasteiger partial charge in [0.05, 0.1) is 5.69 Å². The summed E-state index contributed by atoms with van der Waals surface area (Å²) < 4.78 is 26.6. The van der Waals surface area contributed by atoms with E-state index in [4.69, 9.17) is 0 Å². The summed E-state index contributed by atoms with van der Waals surface area (Å²) in [6, 6.07) is 6.06. The highest BCUT2D eigenvalue weighted by atomic mass is 32.2. The van der Waals surface area contributed by atoms with Crippen LogP contribution in [0.25, 0.3) is 0 Å². The van der Waals surface area contributed by atoms with Crippen LogP contribution >= 0.6 is 0 Å². The first-order chi connectivity index (χ1) is 6.97. The van der Waals surface area contributed by atoms with Gasteiger partial charge < -0.3 is 5.11 Å². The monoisotopic (exact) mass is 230 g/mol. The molecule has 1 aromatic carbocycles. The number of anilines is 1. The summed E-state index contributed by atoms with van der Waals surface area (Å²) in [6.07, 6.45) is 0. The maximum Gasteiger partial charge on any atom is 0.301 e. The standard InChI is InChI=1S/C9H14N2O3S/c1-3-10-15(13,14)11(2)8-5-4-6-9(12)7-8/h4-7,10,12H,3H2,1-2H3. The first-order valence-corrected chi connectivity index (χ1v) is 5.94. The Morgan fingerprint density at radius 3 is 2.67 bits per heavy atom. The molecule has 0 unspecified atom stereocenters. The lowest BCUT2D eigenvalue weighted by Gasteiger charge is -2.19. The Labute approximate surface area is 89.5 Å². The van der Waals surface area contributed by atoms with Crippen molar-refractivity contribution in [3.05, 3.63) is 24.3 Å². The van der Waals surface area contributed by atoms with Gasteiger partial charge in [0, 0.05) is 19.7 Å². The first-order valence-electron chi connectivity index (χ1n) is 4.50. The Kier molecular flexibility index (Phi) is 3.54. The van der Waals surface area contributed by atoms with Crippen LogP contribution in [0, 0.1) is 0 Å². The van der Waals surface area contributed by atoms with Gasteiger partial charge in [0.15, 0.2) is 0 Å². The van der Waals surface area contributed by atoms with E-state index in [2.05, 4.69) is 4.72 Å². The molecular formula is C9H14N2O3S. The van der Waals surface area contributed by atoms with Crippen molar-refractivity contribution in [2.24, 2.45) is 0 Å². The Morgan fingerprint density at radius 1 is 1.47 bits per heavy atom. The van der Waals surface area contributed by atoms with Crippen molar-refractivity contribution >= 4 is 15.9 Å². The van der Waals surface area contributed by atoms with Crippen molar-refractivity contribution in [1.29, 1.82) is 0 Å². The molecule has 0 amide bonds. The SMILES string of the molecule is CCNS(=O)(=O)N(C)c1cccc(O)c1. The van der Waals surface area contributed by atoms with E-state index in [1.165, 1.54) is 19.2 Å². The Bertz CT molecular complexity index is 431. The van der Waals surface area contributed by atoms with Gasteiger partial charge in [-0.2, -0.15) is 13.1 Å². The van der Waals surface area contributed by atoms with E-state index < -0.39 is 10.2 Å². The molecule has 0 spiro atoms. The zero-order valence-electron chi connectivity index (χ0n) is 8.64. The van der Waals surface area contributed by atoms with Crippen molar-refractivity contribution in [1.82, 2.24) is 4.72 Å². The van der Waals surface area contributed by atoms with E-state index in [9.17, 15) is 13.5 Å². The van der Waals surface area contributed by atoms with Crippen LogP contribution in [-0.2, 0) is 10.2 Å². The Hall–Kier alpha value is -1.27. The third-order valence-electron chi connectivity index (χ3n) is 1.88. The van der Waals surface area contributed by atoms with Gasteiger partial charge in [-0.1, -0.05) is 13.0 Å². The summed E-state index contributed by atoms with van der Waals surface area (Å²) in [7, 11) is -2.08. The number of phenolic OH excluding ortho intramolecular Hbond substituents is 1. The number of hydrogen-bond donors (Lipinski definition) is 2. The summed E-state index contributed by atoms with van der Waals surface area (Å²) >= 11 is 0. The summed E-state index contributed by atoms with van der Waals surface area (Å²) in [5, 5.41) is 9.22. The fourth-order valence-electron chi connectivity index (χ4n) is 1.11. The smallest absolute Gasteiger partial charge is 0.301 e. The topological polar surface area (TPSA) is 69.6 Å². The van der Waals surface area contributed by atoms with Crippen molar-refractivity contribution in [2.75, 3.05) is 17.9 Å². The second-order valence-electron chi connectivity index (χ2n) is 2.99. The number of hydrogen-bond acceptors (Lipinski definition) is 3. The van der Waals surface area contributed by atoms with Gasteiger partial charge in [-0.25, -0.2) is 0 Å². The second-order valence-corrected chi connectivity index (χ2v) is 4.78. The van der Waals surface area contributed by atoms with Gasteiger partial charge in [-0.15, -0.1) is 0 Å². The van der Waals surface area contributed by atoms with Crippen molar-refractivity contribution < 1.29 is 13.5 Å². The van der Waals surface area contributed by atoms with Crippen LogP contribution in [0.1, 0.15) is 6.92 Å². The molecule has 0 aromatic heterocycles. The molecule has 0 heterocycles. The van der Waals surface area contributed by atoms with Gasteiger partial charge in [-0.3, -0.25) is 4.31 Å². The molecule has 1 aromatic rings. The summed E-state index contributed by atoms with van der Waals surface area (Å²) in [4.78, 5) is 0. The highest BCUT2D eigenvalue weighted by Gasteiger charge is 2.16. The molecule has 0 aliphatic heterocycles. The van der Waals surface area contributed by atoms with Crippen LogP contribution in [-0.4, -0.2) is 27.1 Å². The van der Waals surface area contributed by atoms with E-state index in [1.54, 1.807) is 19.1 Å². The van der Waals surface area contributed by atoms with Crippen molar-refractivity contribution in [3.63, 3.8) is 0 Å². The molecule has 2 N–H and O–H groups in total. The molecule has 0 bridgehead atoms. The average Bonchev–Trinajstić information content (AvgIpc) is 2.16. The molecule has 0 aliphatic rings. The lowest BCUT2D eigenvalue weighted by atomic mass is 10.3. The van der Waals surface area contributed by atoms with Crippen LogP contribution in [0.5, 0.6) is 5.75 Å². The van der Waals surface area contributed by atoms with E-state index in [0.717, 1.165) is 4.31 Å². The molecule has 0 atom stereocenters. The minimum absolute atomic E-state index is 0.0334. The fourth-order valence-corrected chi connectivity index (χ4v) is 2.06. The van der Waals surface area contributed by atoms with Gasteiger partial charge in [-0.05, 0) is 12.1 Å². The maximum absolute atomic E-state index is 11.6. The number of rotatable bonds is 4. The Morgan fingerprint density at radius 2 is 2.13 bits per heavy atom. The lowest BCUT2D eigenvalue weighted by Crippen LogP contribution is -2.38. The predicted octanol–water partition coefficient (Wildman–Crippen LogP) is 0.683. The van der Waals surface area contributed by atoms with Crippen LogP contribution in [0.15, 0.2) is 24.3 Å². The van der Waals surface area contributed by atoms with Gasteiger partial charge in [0.1, 0.15) is 5.75 Å². The maximum atomic E-state index is 11.6. The minimum atomic E-state index is -3.51. The average molecular weight is 230 g/mol. The fraction of sp³-hybridized carbons (Fsp3) is 0.333. The lowest BCUT2D eigenvalue weighted by molar-refractivity contribution is 0.475. The minimum Gasteiger partial charge on any atom is -0.508 e. The van der Waals surface area contributed by atoms with E-state index in [-0.39, 0.29) is 5.75 Å². The molecule has 6 heteroatoms. The summed E-state index contributed by atoms with van der Waals surface area (Å²) in [5.41, 5.74) is 0.413. The van der Waals surface area contributed by atoms with Gasteiger partial charge in [0.2, 0.25) is 0 Å². The van der Waals surface area contributed by atoms with E-state index in [1.807, 2.05) is 0 Å². The predicted molar refractivity (Wildman–Crippen MR) is 59.1 cm³/mol. The quantitative estimate of drug-likeness (QED) is 0.799. The molecule has 1 rings (SSSR count). The molecule has 0 fully saturated rings. The number of nitrogens with zero attached hydrogens (tertiary/aromatic N) is 1. The molecule has 0 radical (unpaired) electrons. The van der Waals surface area contributed by atoms with Crippen LogP contribution in [0.3, 0.4) is 0 Å². The highest BCUT2D eigenvalue weighted by Crippen LogP contribution is 2.20. The molecule has 5 nitrogen and oxygen atoms in total. The van der Waals surface area contributed by atoms with Crippen molar-refractivity contribution in [3.8, 4) is 5.75 Å². The van der Waals surface area contributed by atoms with Crippen LogP contribution < -0.4 is 9.03 Å². The molecule has 0 aliphatic carbocycles. The van der Waals surface area contributed by atoms with Crippen molar-refractivity contribution in [2.45, 2.75) is 6.92 Å². The Balaban J connectivity index is 2.99.